The first kappa shape index (κ1) is 51.0. The number of alkyl halides is 1. The molecule has 0 aromatic carbocycles. The first-order valence-electron chi connectivity index (χ1n) is 22.8. The Morgan fingerprint density at radius 2 is 0.969 bits per heavy atom. The molecule has 0 radical (unpaired) electrons. The number of aromatic nitrogens is 8. The molecule has 9 heterocycles. The first-order chi connectivity index (χ1) is 31.5. The lowest BCUT2D eigenvalue weighted by atomic mass is 10.1. The Kier molecular flexibility index (Phi) is 21.1. The van der Waals surface area contributed by atoms with Crippen molar-refractivity contribution in [1.82, 2.24) is 68.9 Å². The van der Waals surface area contributed by atoms with Crippen molar-refractivity contribution in [3.63, 3.8) is 0 Å². The molecule has 0 atom stereocenters. The molecule has 3 aliphatic rings. The van der Waals surface area contributed by atoms with Gasteiger partial charge in [0.05, 0.1) is 34.5 Å². The number of halogens is 4. The second kappa shape index (κ2) is 26.9. The second-order valence-electron chi connectivity index (χ2n) is 17.2. The Hall–Kier alpha value is -3.35. The van der Waals surface area contributed by atoms with Crippen LogP contribution in [0.5, 0.6) is 0 Å². The summed E-state index contributed by atoms with van der Waals surface area (Å²) in [7, 11) is 6.57. The third-order valence-corrected chi connectivity index (χ3v) is 12.9. The molecule has 0 spiro atoms. The van der Waals surface area contributed by atoms with E-state index >= 15 is 0 Å². The summed E-state index contributed by atoms with van der Waals surface area (Å²) in [5.41, 5.74) is 6.62. The third kappa shape index (κ3) is 17.7. The van der Waals surface area contributed by atoms with Gasteiger partial charge >= 0.3 is 0 Å². The number of nitrogens with zero attached hydrogens (tertiary/aromatic N) is 14. The first-order valence-corrected chi connectivity index (χ1v) is 24.9. The van der Waals surface area contributed by atoms with Gasteiger partial charge in [-0.25, -0.2) is 9.97 Å². The number of pyridine rings is 4. The Bertz CT molecular complexity index is 2260. The minimum atomic E-state index is 0.482. The standard InChI is InChI=1S/C19H23ClN6.C12H22N4.C8H4BrClN2.C8H17ClN2/c1-24-7-9-25(10-8-24)5-2-6-26-14-16(13-22-26)15-11-18-17(21-12-15)3-4-19(20)23-18;1-12-10-13-16(11-12)5-3-4-15-8-6-14(2)7-9-15;9-5-3-7-6(11-4-5)1-2-8(10)12-7;1-10-5-7-11(8-6-10)4-2-3-9/h3-4,11-14H,2,5-10H2,1H3;10-11H,3-9H2,1-2H3;1-4H;2-8H2,1H3. The molecule has 0 N–H and O–H groups in total. The van der Waals surface area contributed by atoms with Crippen molar-refractivity contribution >= 4 is 72.8 Å². The van der Waals surface area contributed by atoms with E-state index in [4.69, 9.17) is 34.8 Å². The fraction of sp³-hybridized carbons (Fsp3) is 0.532. The molecule has 14 nitrogen and oxygen atoms in total. The maximum Gasteiger partial charge on any atom is 0.129 e. The highest BCUT2D eigenvalue weighted by atomic mass is 79.9. The molecule has 9 rings (SSSR count). The lowest BCUT2D eigenvalue weighted by Gasteiger charge is -2.32. The zero-order chi connectivity index (χ0) is 46.0. The molecule has 0 unspecified atom stereocenters. The molecule has 3 saturated heterocycles. The van der Waals surface area contributed by atoms with E-state index in [9.17, 15) is 0 Å². The quantitative estimate of drug-likeness (QED) is 0.0895. The topological polar surface area (TPSA) is 107 Å². The summed E-state index contributed by atoms with van der Waals surface area (Å²) in [6, 6.07) is 11.1. The monoisotopic (exact) mass is 1010 g/mol. The number of hydrogen-bond acceptors (Lipinski definition) is 12. The van der Waals surface area contributed by atoms with Crippen molar-refractivity contribution in [3.8, 4) is 11.1 Å². The molecule has 3 aliphatic heterocycles. The summed E-state index contributed by atoms with van der Waals surface area (Å²) in [4.78, 5) is 31.8. The van der Waals surface area contributed by atoms with Gasteiger partial charge < -0.3 is 29.4 Å². The van der Waals surface area contributed by atoms with Crippen molar-refractivity contribution in [2.24, 2.45) is 0 Å². The van der Waals surface area contributed by atoms with Crippen LogP contribution in [-0.4, -0.2) is 194 Å². The van der Waals surface area contributed by atoms with Crippen molar-refractivity contribution in [2.45, 2.75) is 39.3 Å². The number of likely N-dealkylation sites (N-methyl/N-ethyl adjacent to an activating group) is 3. The van der Waals surface area contributed by atoms with Gasteiger partial charge in [0.2, 0.25) is 0 Å². The summed E-state index contributed by atoms with van der Waals surface area (Å²) in [6.45, 7) is 21.9. The molecule has 3 fully saturated rings. The maximum atomic E-state index is 5.99. The van der Waals surface area contributed by atoms with Crippen molar-refractivity contribution in [1.29, 1.82) is 0 Å². The van der Waals surface area contributed by atoms with Crippen molar-refractivity contribution in [3.05, 3.63) is 93.9 Å². The van der Waals surface area contributed by atoms with Gasteiger partial charge in [0.1, 0.15) is 10.3 Å². The fourth-order valence-corrected chi connectivity index (χ4v) is 8.48. The average Bonchev–Trinajstić information content (AvgIpc) is 3.96. The van der Waals surface area contributed by atoms with E-state index in [1.807, 2.05) is 52.2 Å². The molecule has 0 bridgehead atoms. The number of rotatable bonds is 12. The minimum absolute atomic E-state index is 0.482. The van der Waals surface area contributed by atoms with Gasteiger partial charge in [0, 0.05) is 138 Å². The molecule has 352 valence electrons. The Morgan fingerprint density at radius 3 is 1.46 bits per heavy atom. The van der Waals surface area contributed by atoms with Crippen LogP contribution in [0.4, 0.5) is 0 Å². The summed E-state index contributed by atoms with van der Waals surface area (Å²) >= 11 is 20.6. The molecule has 65 heavy (non-hydrogen) atoms. The van der Waals surface area contributed by atoms with Crippen LogP contribution >= 0.6 is 50.7 Å². The molecule has 18 heteroatoms. The number of fused-ring (bicyclic) bond motifs is 2. The molecule has 0 aliphatic carbocycles. The van der Waals surface area contributed by atoms with Gasteiger partial charge in [-0.1, -0.05) is 23.2 Å². The predicted molar refractivity (Wildman–Crippen MR) is 271 cm³/mol. The molecular formula is C47H66BrCl3N14. The van der Waals surface area contributed by atoms with Gasteiger partial charge in [0.15, 0.2) is 0 Å². The molecule has 6 aromatic heterocycles. The van der Waals surface area contributed by atoms with Crippen LogP contribution in [0.15, 0.2) is 78.1 Å². The highest BCUT2D eigenvalue weighted by molar-refractivity contribution is 9.10. The van der Waals surface area contributed by atoms with Gasteiger partial charge in [-0.2, -0.15) is 10.2 Å². The van der Waals surface area contributed by atoms with Crippen LogP contribution in [0.2, 0.25) is 10.3 Å². The Morgan fingerprint density at radius 1 is 0.508 bits per heavy atom. The van der Waals surface area contributed by atoms with Gasteiger partial charge in [0.25, 0.3) is 0 Å². The maximum absolute atomic E-state index is 5.99. The number of piperazine rings is 3. The zero-order valence-electron chi connectivity index (χ0n) is 38.6. The summed E-state index contributed by atoms with van der Waals surface area (Å²) in [6.07, 6.45) is 15.1. The van der Waals surface area contributed by atoms with E-state index in [1.54, 1.807) is 18.3 Å². The molecule has 0 saturated carbocycles. The smallest absolute Gasteiger partial charge is 0.129 e. The second-order valence-corrected chi connectivity index (χ2v) is 19.2. The highest BCUT2D eigenvalue weighted by Gasteiger charge is 2.15. The predicted octanol–water partition coefficient (Wildman–Crippen LogP) is 7.52. The summed E-state index contributed by atoms with van der Waals surface area (Å²) in [5.74, 6) is 0.798. The normalized spacial score (nSPS) is 17.0. The van der Waals surface area contributed by atoms with E-state index in [1.165, 1.54) is 104 Å². The van der Waals surface area contributed by atoms with E-state index < -0.39 is 0 Å². The van der Waals surface area contributed by atoms with Crippen molar-refractivity contribution < 1.29 is 0 Å². The Balaban J connectivity index is 0.000000154. The van der Waals surface area contributed by atoms with Gasteiger partial charge in [-0.05, 0) is 125 Å². The van der Waals surface area contributed by atoms with E-state index in [0.29, 0.717) is 10.3 Å². The number of hydrogen-bond donors (Lipinski definition) is 0. The third-order valence-electron chi connectivity index (χ3n) is 11.8. The zero-order valence-corrected chi connectivity index (χ0v) is 42.4. The van der Waals surface area contributed by atoms with Crippen LogP contribution in [0.3, 0.4) is 0 Å². The van der Waals surface area contributed by atoms with Crippen LogP contribution in [0.25, 0.3) is 33.2 Å². The lowest BCUT2D eigenvalue weighted by Crippen LogP contribution is -2.44. The molecule has 0 amide bonds. The minimum Gasteiger partial charge on any atom is -0.304 e. The van der Waals surface area contributed by atoms with Crippen LogP contribution in [-0.2, 0) is 13.1 Å². The van der Waals surface area contributed by atoms with E-state index in [2.05, 4.69) is 116 Å². The van der Waals surface area contributed by atoms with Crippen LogP contribution < -0.4 is 0 Å². The fourth-order valence-electron chi connectivity index (χ4n) is 7.73. The Labute approximate surface area is 409 Å². The number of aryl methyl sites for hydroxylation is 3. The SMILES string of the molecule is CN1CCN(CCCCl)CC1.CN1CCN(CCCn2cc(-c3cnc4ccc(Cl)nc4c3)cn2)CC1.Cc1cnn(CCCN2CCN(C)CC2)c1.Clc1ccc2ncc(Br)cc2n1. The van der Waals surface area contributed by atoms with Gasteiger partial charge in [-0.3, -0.25) is 19.3 Å². The highest BCUT2D eigenvalue weighted by Crippen LogP contribution is 2.23. The van der Waals surface area contributed by atoms with Crippen LogP contribution in [0, 0.1) is 6.92 Å². The summed E-state index contributed by atoms with van der Waals surface area (Å²) < 4.78 is 4.97. The summed E-state index contributed by atoms with van der Waals surface area (Å²) in [5, 5.41) is 9.77. The molecule has 6 aromatic rings. The van der Waals surface area contributed by atoms with Crippen molar-refractivity contribution in [2.75, 3.05) is 125 Å². The largest absolute Gasteiger partial charge is 0.304 e. The molecular weight excluding hydrogens is 947 g/mol. The van der Waals surface area contributed by atoms with Gasteiger partial charge in [-0.15, -0.1) is 11.6 Å². The van der Waals surface area contributed by atoms with E-state index in [-0.39, 0.29) is 0 Å². The average molecular weight is 1010 g/mol. The lowest BCUT2D eigenvalue weighted by molar-refractivity contribution is 0.151. The van der Waals surface area contributed by atoms with Crippen LogP contribution in [0.1, 0.15) is 24.8 Å². The van der Waals surface area contributed by atoms with E-state index in [0.717, 1.165) is 76.0 Å².